The van der Waals surface area contributed by atoms with E-state index in [1.165, 1.54) is 6.08 Å². The van der Waals surface area contributed by atoms with Gasteiger partial charge in [0.15, 0.2) is 6.04 Å². The Morgan fingerprint density at radius 2 is 2.18 bits per heavy atom. The average molecular weight is 243 g/mol. The van der Waals surface area contributed by atoms with Crippen LogP contribution in [0, 0.1) is 0 Å². The monoisotopic (exact) mass is 243 g/mol. The summed E-state index contributed by atoms with van der Waals surface area (Å²) in [7, 11) is 0. The number of hydrogen-bond donors (Lipinski definition) is 2. The maximum Gasteiger partial charge on any atom is 0.328 e. The molecule has 2 N–H and O–H groups in total. The van der Waals surface area contributed by atoms with Crippen molar-refractivity contribution in [2.45, 2.75) is 38.6 Å². The lowest BCUT2D eigenvalue weighted by Gasteiger charge is -2.14. The zero-order chi connectivity index (χ0) is 13.1. The van der Waals surface area contributed by atoms with E-state index in [0.29, 0.717) is 6.42 Å². The lowest BCUT2D eigenvalue weighted by atomic mass is 10.2. The zero-order valence-electron chi connectivity index (χ0n) is 10.3. The van der Waals surface area contributed by atoms with E-state index < -0.39 is 12.0 Å². The normalized spacial score (nSPS) is 11.8. The maximum absolute atomic E-state index is 11.4. The molecule has 5 nitrogen and oxygen atoms in total. The smallest absolute Gasteiger partial charge is 0.328 e. The zero-order valence-corrected chi connectivity index (χ0v) is 10.3. The van der Waals surface area contributed by atoms with Crippen LogP contribution in [-0.2, 0) is 14.3 Å². The van der Waals surface area contributed by atoms with Gasteiger partial charge in [-0.05, 0) is 6.42 Å². The second-order valence-electron chi connectivity index (χ2n) is 3.74. The van der Waals surface area contributed by atoms with E-state index in [-0.39, 0.29) is 19.1 Å². The summed E-state index contributed by atoms with van der Waals surface area (Å²) in [6, 6.07) is -0.982. The molecule has 0 saturated carbocycles. The van der Waals surface area contributed by atoms with Gasteiger partial charge in [-0.15, -0.1) is 6.58 Å². The summed E-state index contributed by atoms with van der Waals surface area (Å²) in [5, 5.41) is 11.3. The van der Waals surface area contributed by atoms with Crippen molar-refractivity contribution in [3.8, 4) is 0 Å². The molecule has 98 valence electrons. The molecule has 0 aliphatic rings. The Morgan fingerprint density at radius 1 is 1.47 bits per heavy atom. The van der Waals surface area contributed by atoms with Crippen molar-refractivity contribution in [2.24, 2.45) is 0 Å². The Kier molecular flexibility index (Phi) is 9.05. The van der Waals surface area contributed by atoms with Crippen LogP contribution in [0.3, 0.4) is 0 Å². The fourth-order valence-corrected chi connectivity index (χ4v) is 1.25. The summed E-state index contributed by atoms with van der Waals surface area (Å²) < 4.78 is 5.02. The SMILES string of the molecule is C=CCOCC(NC(=O)CCCCC)C(=O)O. The quantitative estimate of drug-likeness (QED) is 0.448. The molecule has 0 aliphatic heterocycles. The largest absolute Gasteiger partial charge is 0.480 e. The highest BCUT2D eigenvalue weighted by molar-refractivity contribution is 5.83. The van der Waals surface area contributed by atoms with Crippen molar-refractivity contribution in [1.82, 2.24) is 5.32 Å². The Hall–Kier alpha value is -1.36. The van der Waals surface area contributed by atoms with E-state index in [1.54, 1.807) is 0 Å². The van der Waals surface area contributed by atoms with Crippen LogP contribution in [0.4, 0.5) is 0 Å². The van der Waals surface area contributed by atoms with E-state index in [4.69, 9.17) is 9.84 Å². The van der Waals surface area contributed by atoms with Crippen molar-refractivity contribution in [3.05, 3.63) is 12.7 Å². The van der Waals surface area contributed by atoms with Crippen molar-refractivity contribution >= 4 is 11.9 Å². The minimum absolute atomic E-state index is 0.0408. The summed E-state index contributed by atoms with van der Waals surface area (Å²) in [6.45, 7) is 5.73. The van der Waals surface area contributed by atoms with Gasteiger partial charge in [0, 0.05) is 6.42 Å². The van der Waals surface area contributed by atoms with Crippen molar-refractivity contribution in [3.63, 3.8) is 0 Å². The summed E-state index contributed by atoms with van der Waals surface area (Å²) in [5.74, 6) is -1.33. The standard InChI is InChI=1S/C12H21NO4/c1-3-5-6-7-11(14)13-10(12(15)16)9-17-8-4-2/h4,10H,2-3,5-9H2,1H3,(H,13,14)(H,15,16). The van der Waals surface area contributed by atoms with Crippen LogP contribution < -0.4 is 5.32 Å². The Labute approximate surface area is 102 Å². The molecule has 17 heavy (non-hydrogen) atoms. The molecule has 0 bridgehead atoms. The number of hydrogen-bond acceptors (Lipinski definition) is 3. The van der Waals surface area contributed by atoms with Gasteiger partial charge in [-0.2, -0.15) is 0 Å². The van der Waals surface area contributed by atoms with Gasteiger partial charge >= 0.3 is 5.97 Å². The fraction of sp³-hybridized carbons (Fsp3) is 0.667. The lowest BCUT2D eigenvalue weighted by Crippen LogP contribution is -2.44. The summed E-state index contributed by atoms with van der Waals surface area (Å²) >= 11 is 0. The summed E-state index contributed by atoms with van der Waals surface area (Å²) in [5.41, 5.74) is 0. The summed E-state index contributed by atoms with van der Waals surface area (Å²) in [4.78, 5) is 22.3. The predicted molar refractivity (Wildman–Crippen MR) is 64.7 cm³/mol. The molecule has 0 aromatic heterocycles. The van der Waals surface area contributed by atoms with E-state index in [1.807, 2.05) is 6.92 Å². The van der Waals surface area contributed by atoms with Crippen molar-refractivity contribution in [1.29, 1.82) is 0 Å². The van der Waals surface area contributed by atoms with Gasteiger partial charge < -0.3 is 15.2 Å². The van der Waals surface area contributed by atoms with Crippen LogP contribution in [-0.4, -0.2) is 36.2 Å². The number of aliphatic carboxylic acids is 1. The number of carboxylic acids is 1. The first-order valence-corrected chi connectivity index (χ1v) is 5.82. The van der Waals surface area contributed by atoms with Gasteiger partial charge in [0.1, 0.15) is 0 Å². The van der Waals surface area contributed by atoms with Crippen LogP contribution in [0.25, 0.3) is 0 Å². The molecule has 0 saturated heterocycles. The van der Waals surface area contributed by atoms with Crippen molar-refractivity contribution < 1.29 is 19.4 Å². The number of carbonyl (C=O) groups is 2. The van der Waals surface area contributed by atoms with Gasteiger partial charge in [-0.1, -0.05) is 25.8 Å². The molecule has 0 spiro atoms. The third-order valence-corrected chi connectivity index (χ3v) is 2.16. The van der Waals surface area contributed by atoms with Gasteiger partial charge in [0.25, 0.3) is 0 Å². The molecule has 0 radical (unpaired) electrons. The molecule has 0 rings (SSSR count). The van der Waals surface area contributed by atoms with E-state index in [2.05, 4.69) is 11.9 Å². The lowest BCUT2D eigenvalue weighted by molar-refractivity contribution is -0.143. The molecule has 0 aromatic carbocycles. The second-order valence-corrected chi connectivity index (χ2v) is 3.74. The van der Waals surface area contributed by atoms with Crippen LogP contribution >= 0.6 is 0 Å². The summed E-state index contributed by atoms with van der Waals surface area (Å²) in [6.07, 6.45) is 4.67. The van der Waals surface area contributed by atoms with E-state index >= 15 is 0 Å². The van der Waals surface area contributed by atoms with Gasteiger partial charge in [-0.3, -0.25) is 4.79 Å². The maximum atomic E-state index is 11.4. The molecular weight excluding hydrogens is 222 g/mol. The topological polar surface area (TPSA) is 75.6 Å². The highest BCUT2D eigenvalue weighted by atomic mass is 16.5. The third kappa shape index (κ3) is 8.45. The fourth-order valence-electron chi connectivity index (χ4n) is 1.25. The molecular formula is C12H21NO4. The van der Waals surface area contributed by atoms with Gasteiger partial charge in [-0.25, -0.2) is 4.79 Å². The highest BCUT2D eigenvalue weighted by Crippen LogP contribution is 1.99. The molecule has 5 heteroatoms. The Bertz CT molecular complexity index is 253. The molecule has 0 aromatic rings. The number of ether oxygens (including phenoxy) is 1. The van der Waals surface area contributed by atoms with E-state index in [0.717, 1.165) is 19.3 Å². The predicted octanol–water partition coefficient (Wildman–Crippen LogP) is 1.34. The van der Waals surface area contributed by atoms with Crippen LogP contribution in [0.1, 0.15) is 32.6 Å². The minimum Gasteiger partial charge on any atom is -0.480 e. The molecule has 0 aliphatic carbocycles. The van der Waals surface area contributed by atoms with Gasteiger partial charge in [0.05, 0.1) is 13.2 Å². The first kappa shape index (κ1) is 15.6. The number of nitrogens with one attached hydrogen (secondary N) is 1. The molecule has 0 heterocycles. The van der Waals surface area contributed by atoms with E-state index in [9.17, 15) is 9.59 Å². The minimum atomic E-state index is -1.09. The molecule has 0 fully saturated rings. The molecule has 1 unspecified atom stereocenters. The van der Waals surface area contributed by atoms with Crippen molar-refractivity contribution in [2.75, 3.05) is 13.2 Å². The first-order valence-electron chi connectivity index (χ1n) is 5.82. The first-order chi connectivity index (χ1) is 8.11. The van der Waals surface area contributed by atoms with Gasteiger partial charge in [0.2, 0.25) is 5.91 Å². The number of carboxylic acid groups (broad SMARTS) is 1. The molecule has 1 atom stereocenters. The molecule has 1 amide bonds. The van der Waals surface area contributed by atoms with Crippen LogP contribution in [0.5, 0.6) is 0 Å². The Balaban J connectivity index is 3.93. The average Bonchev–Trinajstić information content (AvgIpc) is 2.28. The second kappa shape index (κ2) is 9.84. The number of unbranched alkanes of at least 4 members (excludes halogenated alkanes) is 2. The number of amides is 1. The van der Waals surface area contributed by atoms with Crippen LogP contribution in [0.15, 0.2) is 12.7 Å². The third-order valence-electron chi connectivity index (χ3n) is 2.16. The van der Waals surface area contributed by atoms with Crippen LogP contribution in [0.2, 0.25) is 0 Å². The number of rotatable bonds is 10. The highest BCUT2D eigenvalue weighted by Gasteiger charge is 2.19. The Morgan fingerprint density at radius 3 is 2.71 bits per heavy atom. The number of carbonyl (C=O) groups excluding carboxylic acids is 1.